The lowest BCUT2D eigenvalue weighted by molar-refractivity contribution is 0.258. The second-order valence-electron chi connectivity index (χ2n) is 3.40. The van der Waals surface area contributed by atoms with Gasteiger partial charge in [0.1, 0.15) is 0 Å². The van der Waals surface area contributed by atoms with Gasteiger partial charge in [0.15, 0.2) is 0 Å². The van der Waals surface area contributed by atoms with Crippen LogP contribution in [0, 0.1) is 5.92 Å². The Morgan fingerprint density at radius 2 is 1.69 bits per heavy atom. The van der Waals surface area contributed by atoms with E-state index in [0.717, 1.165) is 12.3 Å². The van der Waals surface area contributed by atoms with Crippen LogP contribution in [0.15, 0.2) is 0 Å². The summed E-state index contributed by atoms with van der Waals surface area (Å²) in [5.74, 6) is 0.861. The molecule has 1 fully saturated rings. The van der Waals surface area contributed by atoms with Crippen molar-refractivity contribution >= 4 is 10.1 Å². The molecule has 0 amide bonds. The summed E-state index contributed by atoms with van der Waals surface area (Å²) in [4.78, 5) is 0. The minimum Gasteiger partial charge on any atom is -0.396 e. The third kappa shape index (κ3) is 11.9. The molecule has 0 saturated heterocycles. The van der Waals surface area contributed by atoms with E-state index in [1.54, 1.807) is 0 Å². The lowest BCUT2D eigenvalue weighted by atomic mass is 10.1. The molecule has 1 saturated carbocycles. The van der Waals surface area contributed by atoms with Gasteiger partial charge in [-0.15, -0.1) is 0 Å². The topological polar surface area (TPSA) is 74.6 Å². The number of aliphatic hydroxyl groups is 1. The van der Waals surface area contributed by atoms with Gasteiger partial charge in [0, 0.05) is 6.61 Å². The summed E-state index contributed by atoms with van der Waals surface area (Å²) in [6.45, 7) is 0.394. The van der Waals surface area contributed by atoms with E-state index >= 15 is 0 Å². The summed E-state index contributed by atoms with van der Waals surface area (Å²) in [6.07, 6.45) is 7.27. The maximum Gasteiger partial charge on any atom is 0.261 e. The summed E-state index contributed by atoms with van der Waals surface area (Å²) in [5, 5.41) is 8.53. The van der Waals surface area contributed by atoms with Crippen molar-refractivity contribution in [3.05, 3.63) is 0 Å². The molecule has 5 heteroatoms. The number of hydrogen-bond acceptors (Lipinski definition) is 3. The Labute approximate surface area is 79.7 Å². The highest BCUT2D eigenvalue weighted by Gasteiger charge is 2.12. The Balaban J connectivity index is 0.000000252. The van der Waals surface area contributed by atoms with E-state index in [1.807, 2.05) is 0 Å². The fourth-order valence-electron chi connectivity index (χ4n) is 1.48. The molecule has 0 aromatic rings. The fourth-order valence-corrected chi connectivity index (χ4v) is 1.48. The molecular weight excluding hydrogens is 192 g/mol. The number of aliphatic hydroxyl groups excluding tert-OH is 1. The third-order valence-electron chi connectivity index (χ3n) is 2.01. The van der Waals surface area contributed by atoms with Crippen LogP contribution in [0.3, 0.4) is 0 Å². The third-order valence-corrected chi connectivity index (χ3v) is 2.01. The van der Waals surface area contributed by atoms with Gasteiger partial charge in [0.25, 0.3) is 10.1 Å². The van der Waals surface area contributed by atoms with E-state index < -0.39 is 10.1 Å². The quantitative estimate of drug-likeness (QED) is 0.668. The lowest BCUT2D eigenvalue weighted by Gasteiger charge is -2.02. The average molecular weight is 210 g/mol. The Kier molecular flexibility index (Phi) is 6.28. The number of hydrogen-bond donors (Lipinski definition) is 2. The first-order valence-corrected chi connectivity index (χ1v) is 6.31. The zero-order valence-electron chi connectivity index (χ0n) is 7.94. The molecule has 0 aromatic heterocycles. The molecule has 4 nitrogen and oxygen atoms in total. The minimum absolute atomic E-state index is 0.394. The average Bonchev–Trinajstić information content (AvgIpc) is 2.36. The zero-order chi connectivity index (χ0) is 10.3. The molecule has 0 heterocycles. The van der Waals surface area contributed by atoms with Crippen LogP contribution in [-0.4, -0.2) is 30.9 Å². The van der Waals surface area contributed by atoms with Crippen LogP contribution in [-0.2, 0) is 10.1 Å². The molecule has 13 heavy (non-hydrogen) atoms. The molecule has 80 valence electrons. The largest absolute Gasteiger partial charge is 0.396 e. The van der Waals surface area contributed by atoms with E-state index in [9.17, 15) is 8.42 Å². The summed E-state index contributed by atoms with van der Waals surface area (Å²) >= 11 is 0. The van der Waals surface area contributed by atoms with Gasteiger partial charge in [-0.2, -0.15) is 8.42 Å². The smallest absolute Gasteiger partial charge is 0.261 e. The normalized spacial score (nSPS) is 18.1. The summed E-state index contributed by atoms with van der Waals surface area (Å²) < 4.78 is 25.9. The van der Waals surface area contributed by atoms with Gasteiger partial charge < -0.3 is 5.11 Å². The molecular formula is C8H18O4S. The van der Waals surface area contributed by atoms with Gasteiger partial charge >= 0.3 is 0 Å². The van der Waals surface area contributed by atoms with Crippen molar-refractivity contribution in [2.24, 2.45) is 5.92 Å². The first-order valence-electron chi connectivity index (χ1n) is 4.47. The maximum absolute atomic E-state index is 9.19. The first-order chi connectivity index (χ1) is 5.93. The molecule has 0 bridgehead atoms. The van der Waals surface area contributed by atoms with Gasteiger partial charge in [-0.3, -0.25) is 4.55 Å². The van der Waals surface area contributed by atoms with Crippen molar-refractivity contribution in [2.75, 3.05) is 12.9 Å². The van der Waals surface area contributed by atoms with Gasteiger partial charge in [0.05, 0.1) is 6.26 Å². The van der Waals surface area contributed by atoms with Crippen LogP contribution < -0.4 is 0 Å². The van der Waals surface area contributed by atoms with Crippen LogP contribution in [0.5, 0.6) is 0 Å². The summed E-state index contributed by atoms with van der Waals surface area (Å²) in [5.41, 5.74) is 0. The number of rotatable bonds is 2. The van der Waals surface area contributed by atoms with Crippen LogP contribution in [0.2, 0.25) is 0 Å². The minimum atomic E-state index is -3.67. The second kappa shape index (κ2) is 6.34. The highest BCUT2D eigenvalue weighted by molar-refractivity contribution is 7.85. The van der Waals surface area contributed by atoms with Crippen molar-refractivity contribution < 1.29 is 18.1 Å². The molecule has 0 spiro atoms. The molecule has 2 N–H and O–H groups in total. The highest BCUT2D eigenvalue weighted by atomic mass is 32.2. The Bertz CT molecular complexity index is 196. The molecule has 0 aromatic carbocycles. The predicted molar refractivity (Wildman–Crippen MR) is 51.1 cm³/mol. The second-order valence-corrected chi connectivity index (χ2v) is 4.86. The monoisotopic (exact) mass is 210 g/mol. The Morgan fingerprint density at radius 3 is 2.00 bits per heavy atom. The molecule has 0 unspecified atom stereocenters. The van der Waals surface area contributed by atoms with Crippen molar-refractivity contribution in [1.29, 1.82) is 0 Å². The van der Waals surface area contributed by atoms with Crippen LogP contribution in [0.25, 0.3) is 0 Å². The van der Waals surface area contributed by atoms with Crippen molar-refractivity contribution in [3.8, 4) is 0 Å². The van der Waals surface area contributed by atoms with Crippen molar-refractivity contribution in [2.45, 2.75) is 32.1 Å². The molecule has 0 radical (unpaired) electrons. The summed E-state index contributed by atoms with van der Waals surface area (Å²) in [7, 11) is -3.67. The molecule has 1 aliphatic rings. The molecule has 1 rings (SSSR count). The van der Waals surface area contributed by atoms with Crippen molar-refractivity contribution in [3.63, 3.8) is 0 Å². The lowest BCUT2D eigenvalue weighted by Crippen LogP contribution is -1.95. The van der Waals surface area contributed by atoms with E-state index in [0.29, 0.717) is 12.9 Å². The van der Waals surface area contributed by atoms with E-state index in [1.165, 1.54) is 25.7 Å². The molecule has 0 aliphatic heterocycles. The SMILES string of the molecule is CS(=O)(=O)O.OCCC1CCCC1. The maximum atomic E-state index is 9.19. The van der Waals surface area contributed by atoms with E-state index in [2.05, 4.69) is 0 Å². The van der Waals surface area contributed by atoms with Gasteiger partial charge in [-0.05, 0) is 12.3 Å². The molecule has 0 atom stereocenters. The first kappa shape index (κ1) is 12.9. The van der Waals surface area contributed by atoms with Crippen LogP contribution in [0.4, 0.5) is 0 Å². The Hall–Kier alpha value is -0.130. The zero-order valence-corrected chi connectivity index (χ0v) is 8.76. The predicted octanol–water partition coefficient (Wildman–Crippen LogP) is 1.06. The van der Waals surface area contributed by atoms with Crippen LogP contribution >= 0.6 is 0 Å². The van der Waals surface area contributed by atoms with Gasteiger partial charge in [-0.25, -0.2) is 0 Å². The van der Waals surface area contributed by atoms with E-state index in [4.69, 9.17) is 9.66 Å². The van der Waals surface area contributed by atoms with Crippen LogP contribution in [0.1, 0.15) is 32.1 Å². The van der Waals surface area contributed by atoms with E-state index in [-0.39, 0.29) is 0 Å². The Morgan fingerprint density at radius 1 is 1.31 bits per heavy atom. The highest BCUT2D eigenvalue weighted by Crippen LogP contribution is 2.26. The van der Waals surface area contributed by atoms with Crippen molar-refractivity contribution in [1.82, 2.24) is 0 Å². The summed E-state index contributed by atoms with van der Waals surface area (Å²) in [6, 6.07) is 0. The molecule has 1 aliphatic carbocycles. The standard InChI is InChI=1S/C7H14O.CH4O3S/c8-6-5-7-3-1-2-4-7;1-5(2,3)4/h7-8H,1-6H2;1H3,(H,2,3,4). The fraction of sp³-hybridized carbons (Fsp3) is 1.00. The van der Waals surface area contributed by atoms with Gasteiger partial charge in [-0.1, -0.05) is 25.7 Å². The van der Waals surface area contributed by atoms with Gasteiger partial charge in [0.2, 0.25) is 0 Å².